The highest BCUT2D eigenvalue weighted by Gasteiger charge is 2.07. The van der Waals surface area contributed by atoms with Gasteiger partial charge in [0.2, 0.25) is 0 Å². The number of fused-ring (bicyclic) bond motifs is 1. The number of nitrogens with zero attached hydrogens (tertiary/aromatic N) is 2. The molecule has 0 N–H and O–H groups in total. The first-order valence-electron chi connectivity index (χ1n) is 4.39. The highest BCUT2D eigenvalue weighted by atomic mass is 35.5. The molecule has 2 aromatic rings. The Hall–Kier alpha value is -0.670. The molecule has 0 unspecified atom stereocenters. The van der Waals surface area contributed by atoms with Gasteiger partial charge in [-0.1, -0.05) is 11.6 Å². The molecular weight excluding hydrogens is 216 g/mol. The third-order valence-corrected chi connectivity index (χ3v) is 3.90. The van der Waals surface area contributed by atoms with Crippen LogP contribution in [0.4, 0.5) is 0 Å². The van der Waals surface area contributed by atoms with Crippen LogP contribution >= 0.6 is 22.5 Å². The molecule has 0 spiro atoms. The van der Waals surface area contributed by atoms with Gasteiger partial charge in [-0.15, -0.1) is 0 Å². The number of aryl methyl sites for hydroxylation is 1. The Kier molecular flexibility index (Phi) is 2.45. The minimum atomic E-state index is -0.0561. The summed E-state index contributed by atoms with van der Waals surface area (Å²) in [5.74, 6) is 0. The summed E-state index contributed by atoms with van der Waals surface area (Å²) in [5.41, 5.74) is 1.11. The molecule has 0 saturated carbocycles. The van der Waals surface area contributed by atoms with Crippen LogP contribution in [-0.4, -0.2) is 22.3 Å². The van der Waals surface area contributed by atoms with Crippen molar-refractivity contribution in [2.75, 3.05) is 12.5 Å². The van der Waals surface area contributed by atoms with E-state index in [1.807, 2.05) is 11.7 Å². The molecule has 2 rings (SSSR count). The van der Waals surface area contributed by atoms with E-state index in [1.165, 1.54) is 4.90 Å². The summed E-state index contributed by atoms with van der Waals surface area (Å²) in [6, 6.07) is 6.38. The minimum Gasteiger partial charge on any atom is -0.266 e. The number of hydrogen-bond donors (Lipinski definition) is 1. The monoisotopic (exact) mass is 228 g/mol. The number of hydrogen-bond acceptors (Lipinski definition) is 1. The van der Waals surface area contributed by atoms with Gasteiger partial charge in [-0.3, -0.25) is 4.68 Å². The van der Waals surface area contributed by atoms with Crippen molar-refractivity contribution in [3.63, 3.8) is 0 Å². The summed E-state index contributed by atoms with van der Waals surface area (Å²) in [6.45, 7) is 0. The van der Waals surface area contributed by atoms with Crippen molar-refractivity contribution in [3.8, 4) is 0 Å². The highest BCUT2D eigenvalue weighted by molar-refractivity contribution is 8.15. The second-order valence-corrected chi connectivity index (χ2v) is 6.17. The van der Waals surface area contributed by atoms with Crippen LogP contribution in [0.1, 0.15) is 0 Å². The second kappa shape index (κ2) is 3.48. The van der Waals surface area contributed by atoms with E-state index in [9.17, 15) is 0 Å². The lowest BCUT2D eigenvalue weighted by atomic mass is 10.2. The Morgan fingerprint density at radius 1 is 1.36 bits per heavy atom. The molecule has 76 valence electrons. The van der Waals surface area contributed by atoms with E-state index >= 15 is 0 Å². The lowest BCUT2D eigenvalue weighted by molar-refractivity contribution is 0.796. The third kappa shape index (κ3) is 1.51. The van der Waals surface area contributed by atoms with Crippen LogP contribution in [0.2, 0.25) is 5.15 Å². The molecule has 1 aromatic carbocycles. The van der Waals surface area contributed by atoms with Gasteiger partial charge in [-0.05, 0) is 35.6 Å². The van der Waals surface area contributed by atoms with Gasteiger partial charge < -0.3 is 0 Å². The van der Waals surface area contributed by atoms with Crippen LogP contribution in [0.25, 0.3) is 10.9 Å². The van der Waals surface area contributed by atoms with E-state index in [-0.39, 0.29) is 10.9 Å². The predicted octanol–water partition coefficient (Wildman–Crippen LogP) is 2.85. The van der Waals surface area contributed by atoms with E-state index in [0.717, 1.165) is 10.9 Å². The summed E-state index contributed by atoms with van der Waals surface area (Å²) in [5, 5.41) is 5.81. The molecule has 0 saturated heterocycles. The first-order valence-corrected chi connectivity index (χ1v) is 7.00. The first kappa shape index (κ1) is 9.87. The molecule has 0 atom stereocenters. The van der Waals surface area contributed by atoms with Gasteiger partial charge in [0.15, 0.2) is 5.15 Å². The summed E-state index contributed by atoms with van der Waals surface area (Å²) in [7, 11) is 1.87. The van der Waals surface area contributed by atoms with Crippen molar-refractivity contribution in [2.24, 2.45) is 7.05 Å². The normalized spacial score (nSPS) is 12.1. The topological polar surface area (TPSA) is 17.8 Å². The molecule has 0 radical (unpaired) electrons. The van der Waals surface area contributed by atoms with Crippen molar-refractivity contribution in [2.45, 2.75) is 4.90 Å². The highest BCUT2D eigenvalue weighted by Crippen LogP contribution is 2.32. The van der Waals surface area contributed by atoms with Crippen molar-refractivity contribution < 1.29 is 0 Å². The van der Waals surface area contributed by atoms with Gasteiger partial charge in [-0.25, -0.2) is 10.9 Å². The van der Waals surface area contributed by atoms with Gasteiger partial charge in [0.1, 0.15) is 0 Å². The molecule has 0 fully saturated rings. The quantitative estimate of drug-likeness (QED) is 0.744. The maximum Gasteiger partial charge on any atom is 0.158 e. The van der Waals surface area contributed by atoms with Crippen molar-refractivity contribution in [3.05, 3.63) is 23.4 Å². The van der Waals surface area contributed by atoms with Crippen LogP contribution in [-0.2, 0) is 7.05 Å². The second-order valence-electron chi connectivity index (χ2n) is 3.51. The average Bonchev–Trinajstić information content (AvgIpc) is 2.42. The van der Waals surface area contributed by atoms with Crippen LogP contribution in [0.15, 0.2) is 23.1 Å². The van der Waals surface area contributed by atoms with Gasteiger partial charge in [0.25, 0.3) is 0 Å². The van der Waals surface area contributed by atoms with Gasteiger partial charge in [-0.2, -0.15) is 5.10 Å². The zero-order valence-electron chi connectivity index (χ0n) is 8.45. The molecule has 0 amide bonds. The molecular formula is C10H13ClN2S. The molecule has 1 aromatic heterocycles. The molecule has 0 aliphatic carbocycles. The molecule has 4 heteroatoms. The van der Waals surface area contributed by atoms with Gasteiger partial charge in [0.05, 0.1) is 5.52 Å². The predicted molar refractivity (Wildman–Crippen MR) is 64.8 cm³/mol. The average molecular weight is 229 g/mol. The Morgan fingerprint density at radius 2 is 2.07 bits per heavy atom. The van der Waals surface area contributed by atoms with Crippen LogP contribution in [0.3, 0.4) is 0 Å². The fourth-order valence-corrected chi connectivity index (χ4v) is 2.51. The molecule has 0 bridgehead atoms. The zero-order chi connectivity index (χ0) is 10.3. The summed E-state index contributed by atoms with van der Waals surface area (Å²) >= 11 is 5.98. The van der Waals surface area contributed by atoms with E-state index in [0.29, 0.717) is 5.15 Å². The fraction of sp³-hybridized carbons (Fsp3) is 0.300. The maximum atomic E-state index is 5.98. The van der Waals surface area contributed by atoms with Gasteiger partial charge >= 0.3 is 0 Å². The number of halogens is 1. The van der Waals surface area contributed by atoms with E-state index in [4.69, 9.17) is 11.6 Å². The van der Waals surface area contributed by atoms with Crippen molar-refractivity contribution >= 4 is 33.4 Å². The lowest BCUT2D eigenvalue weighted by Crippen LogP contribution is -1.89. The molecule has 14 heavy (non-hydrogen) atoms. The lowest BCUT2D eigenvalue weighted by Gasteiger charge is -2.09. The summed E-state index contributed by atoms with van der Waals surface area (Å²) in [6.07, 6.45) is 4.49. The number of aromatic nitrogens is 2. The standard InChI is InChI=1S/C10H13ClN2S/c1-13-9-6-7(14(2)3)4-5-8(9)10(11)12-13/h4-6,14H,1-3H3. The van der Waals surface area contributed by atoms with Crippen LogP contribution in [0.5, 0.6) is 0 Å². The van der Waals surface area contributed by atoms with Gasteiger partial charge in [0, 0.05) is 12.4 Å². The Labute approximate surface area is 91.2 Å². The van der Waals surface area contributed by atoms with Crippen LogP contribution < -0.4 is 0 Å². The smallest absolute Gasteiger partial charge is 0.158 e. The third-order valence-electron chi connectivity index (χ3n) is 2.31. The number of thiol groups is 1. The van der Waals surface area contributed by atoms with E-state index in [2.05, 4.69) is 35.8 Å². The number of rotatable bonds is 1. The Morgan fingerprint density at radius 3 is 2.71 bits per heavy atom. The molecule has 0 aliphatic rings. The molecule has 1 heterocycles. The number of benzene rings is 1. The SMILES string of the molecule is Cn1nc(Cl)c2ccc([SH](C)C)cc21. The van der Waals surface area contributed by atoms with Crippen LogP contribution in [0, 0.1) is 0 Å². The van der Waals surface area contributed by atoms with E-state index in [1.54, 1.807) is 0 Å². The fourth-order valence-electron chi connectivity index (χ4n) is 1.48. The summed E-state index contributed by atoms with van der Waals surface area (Å²) in [4.78, 5) is 1.38. The first-order chi connectivity index (χ1) is 6.59. The molecule has 0 aliphatic heterocycles. The largest absolute Gasteiger partial charge is 0.266 e. The summed E-state index contributed by atoms with van der Waals surface area (Å²) < 4.78 is 1.83. The van der Waals surface area contributed by atoms with Crippen molar-refractivity contribution in [1.82, 2.24) is 9.78 Å². The Balaban J connectivity index is 2.71. The van der Waals surface area contributed by atoms with E-state index < -0.39 is 0 Å². The zero-order valence-corrected chi connectivity index (χ0v) is 10.1. The Bertz CT molecular complexity index is 476. The minimum absolute atomic E-state index is 0.0561. The van der Waals surface area contributed by atoms with Crippen molar-refractivity contribution in [1.29, 1.82) is 0 Å². The molecule has 2 nitrogen and oxygen atoms in total. The maximum absolute atomic E-state index is 5.98.